The normalized spacial score (nSPS) is 19.6. The second-order valence-electron chi connectivity index (χ2n) is 7.04. The predicted molar refractivity (Wildman–Crippen MR) is 87.6 cm³/mol. The van der Waals surface area contributed by atoms with Gasteiger partial charge in [-0.3, -0.25) is 0 Å². The van der Waals surface area contributed by atoms with Gasteiger partial charge in [0.15, 0.2) is 0 Å². The molecule has 1 saturated heterocycles. The van der Waals surface area contributed by atoms with Crippen LogP contribution in [-0.4, -0.2) is 24.9 Å². The third kappa shape index (κ3) is 3.89. The molecule has 3 nitrogen and oxygen atoms in total. The summed E-state index contributed by atoms with van der Waals surface area (Å²) in [4.78, 5) is 0. The van der Waals surface area contributed by atoms with Crippen molar-refractivity contribution < 1.29 is 27.2 Å². The molecule has 134 valence electrons. The third-order valence-corrected chi connectivity index (χ3v) is 4.59. The van der Waals surface area contributed by atoms with Crippen LogP contribution in [0.5, 0.6) is 5.75 Å². The second kappa shape index (κ2) is 6.60. The van der Waals surface area contributed by atoms with Crippen LogP contribution in [0.15, 0.2) is 18.2 Å². The maximum Gasteiger partial charge on any atom is 0.494 e. The highest BCUT2D eigenvalue weighted by atomic mass is 19.4. The molecule has 0 bridgehead atoms. The highest BCUT2D eigenvalue weighted by molar-refractivity contribution is 6.62. The van der Waals surface area contributed by atoms with Crippen LogP contribution < -0.4 is 10.2 Å². The Morgan fingerprint density at radius 3 is 2.17 bits per heavy atom. The van der Waals surface area contributed by atoms with Crippen molar-refractivity contribution in [3.05, 3.63) is 23.8 Å². The smallest absolute Gasteiger partial charge is 0.493 e. The van der Waals surface area contributed by atoms with Gasteiger partial charge in [0.05, 0.1) is 23.4 Å². The van der Waals surface area contributed by atoms with Gasteiger partial charge in [-0.25, -0.2) is 0 Å². The molecule has 0 saturated carbocycles. The Balaban J connectivity index is 2.30. The summed E-state index contributed by atoms with van der Waals surface area (Å²) in [7, 11) is -0.833. The lowest BCUT2D eigenvalue weighted by atomic mass is 9.78. The Kier molecular flexibility index (Phi) is 5.26. The van der Waals surface area contributed by atoms with Crippen molar-refractivity contribution in [2.24, 2.45) is 0 Å². The van der Waals surface area contributed by atoms with Crippen molar-refractivity contribution in [3.63, 3.8) is 0 Å². The number of hydrogen-bond acceptors (Lipinski definition) is 3. The van der Waals surface area contributed by atoms with E-state index in [1.807, 2.05) is 34.6 Å². The summed E-state index contributed by atoms with van der Waals surface area (Å²) in [6.45, 7) is 9.66. The molecule has 0 spiro atoms. The Hall–Kier alpha value is -1.21. The zero-order valence-electron chi connectivity index (χ0n) is 14.8. The van der Waals surface area contributed by atoms with E-state index in [2.05, 4.69) is 0 Å². The van der Waals surface area contributed by atoms with Gasteiger partial charge in [-0.15, -0.1) is 0 Å². The van der Waals surface area contributed by atoms with E-state index in [0.717, 1.165) is 12.5 Å². The fourth-order valence-electron chi connectivity index (χ4n) is 2.35. The van der Waals surface area contributed by atoms with Crippen LogP contribution in [0.2, 0.25) is 0 Å². The Bertz CT molecular complexity index is 569. The van der Waals surface area contributed by atoms with Crippen LogP contribution in [0.25, 0.3) is 0 Å². The van der Waals surface area contributed by atoms with E-state index in [9.17, 15) is 13.2 Å². The molecule has 0 atom stereocenters. The van der Waals surface area contributed by atoms with Crippen LogP contribution in [0.4, 0.5) is 13.2 Å². The first-order valence-corrected chi connectivity index (χ1v) is 8.17. The van der Waals surface area contributed by atoms with Gasteiger partial charge >= 0.3 is 13.3 Å². The minimum Gasteiger partial charge on any atom is -0.493 e. The van der Waals surface area contributed by atoms with Gasteiger partial charge < -0.3 is 14.0 Å². The molecule has 0 unspecified atom stereocenters. The molecule has 7 heteroatoms. The van der Waals surface area contributed by atoms with Crippen molar-refractivity contribution in [3.8, 4) is 5.75 Å². The van der Waals surface area contributed by atoms with Crippen LogP contribution in [0.1, 0.15) is 53.0 Å². The highest BCUT2D eigenvalue weighted by Crippen LogP contribution is 2.39. The van der Waals surface area contributed by atoms with Crippen LogP contribution in [0, 0.1) is 0 Å². The molecule has 1 aliphatic heterocycles. The van der Waals surface area contributed by atoms with E-state index in [1.54, 1.807) is 6.07 Å². The average molecular weight is 344 g/mol. The van der Waals surface area contributed by atoms with Crippen LogP contribution in [-0.2, 0) is 15.5 Å². The molecule has 0 N–H and O–H groups in total. The predicted octanol–water partition coefficient (Wildman–Crippen LogP) is 4.18. The Labute approximate surface area is 141 Å². The van der Waals surface area contributed by atoms with Crippen molar-refractivity contribution in [1.82, 2.24) is 0 Å². The van der Waals surface area contributed by atoms with Gasteiger partial charge in [0, 0.05) is 0 Å². The van der Waals surface area contributed by atoms with Gasteiger partial charge in [0.25, 0.3) is 0 Å². The molecule has 0 aliphatic carbocycles. The lowest BCUT2D eigenvalue weighted by Gasteiger charge is -2.32. The number of rotatable bonds is 5. The molecule has 1 aliphatic rings. The molecule has 1 heterocycles. The summed E-state index contributed by atoms with van der Waals surface area (Å²) >= 11 is 0. The quantitative estimate of drug-likeness (QED) is 0.592. The third-order valence-electron chi connectivity index (χ3n) is 4.59. The van der Waals surface area contributed by atoms with Crippen LogP contribution >= 0.6 is 0 Å². The van der Waals surface area contributed by atoms with Gasteiger partial charge in [-0.05, 0) is 51.7 Å². The molecular weight excluding hydrogens is 320 g/mol. The summed E-state index contributed by atoms with van der Waals surface area (Å²) in [5.41, 5.74) is -1.67. The summed E-state index contributed by atoms with van der Waals surface area (Å²) < 4.78 is 57.1. The fourth-order valence-corrected chi connectivity index (χ4v) is 2.35. The zero-order chi connectivity index (χ0) is 18.2. The van der Waals surface area contributed by atoms with E-state index in [0.29, 0.717) is 11.9 Å². The maximum atomic E-state index is 13.4. The standard InChI is InChI=1S/C17H24BF3O3/c1-6-7-10-22-14-9-8-12(11-13(14)17(19,20)21)18-23-15(2,3)16(4,5)24-18/h8-9,11H,6-7,10H2,1-5H3. The lowest BCUT2D eigenvalue weighted by Crippen LogP contribution is -2.41. The number of ether oxygens (including phenoxy) is 1. The zero-order valence-corrected chi connectivity index (χ0v) is 14.8. The lowest BCUT2D eigenvalue weighted by molar-refractivity contribution is -0.138. The van der Waals surface area contributed by atoms with Gasteiger partial charge in [0.1, 0.15) is 5.75 Å². The van der Waals surface area contributed by atoms with Crippen LogP contribution in [0.3, 0.4) is 0 Å². The topological polar surface area (TPSA) is 27.7 Å². The molecule has 1 aromatic carbocycles. The fraction of sp³-hybridized carbons (Fsp3) is 0.647. The molecule has 24 heavy (non-hydrogen) atoms. The number of halogens is 3. The van der Waals surface area contributed by atoms with E-state index in [4.69, 9.17) is 14.0 Å². The summed E-state index contributed by atoms with van der Waals surface area (Å²) in [6.07, 6.45) is -2.94. The van der Waals surface area contributed by atoms with E-state index >= 15 is 0 Å². The molecule has 0 radical (unpaired) electrons. The van der Waals surface area contributed by atoms with E-state index in [1.165, 1.54) is 6.07 Å². The van der Waals surface area contributed by atoms with Gasteiger partial charge in [-0.2, -0.15) is 13.2 Å². The van der Waals surface area contributed by atoms with Crippen molar-refractivity contribution in [1.29, 1.82) is 0 Å². The van der Waals surface area contributed by atoms with E-state index in [-0.39, 0.29) is 12.4 Å². The number of benzene rings is 1. The molecule has 2 rings (SSSR count). The monoisotopic (exact) mass is 344 g/mol. The maximum absolute atomic E-state index is 13.4. The largest absolute Gasteiger partial charge is 0.494 e. The molecule has 1 fully saturated rings. The van der Waals surface area contributed by atoms with Crippen molar-refractivity contribution in [2.45, 2.75) is 64.8 Å². The SMILES string of the molecule is CCCCOc1ccc(B2OC(C)(C)C(C)(C)O2)cc1C(F)(F)F. The number of unbranched alkanes of at least 4 members (excludes halogenated alkanes) is 1. The number of hydrogen-bond donors (Lipinski definition) is 0. The highest BCUT2D eigenvalue weighted by Gasteiger charge is 2.52. The first-order chi connectivity index (χ1) is 11.0. The first-order valence-electron chi connectivity index (χ1n) is 8.17. The molecule has 1 aromatic rings. The van der Waals surface area contributed by atoms with Crippen molar-refractivity contribution in [2.75, 3.05) is 6.61 Å². The molecular formula is C17H24BF3O3. The Morgan fingerprint density at radius 1 is 1.08 bits per heavy atom. The van der Waals surface area contributed by atoms with Gasteiger partial charge in [-0.1, -0.05) is 19.4 Å². The molecule has 0 aromatic heterocycles. The Morgan fingerprint density at radius 2 is 1.67 bits per heavy atom. The summed E-state index contributed by atoms with van der Waals surface area (Å²) in [5, 5.41) is 0. The number of alkyl halides is 3. The average Bonchev–Trinajstić information content (AvgIpc) is 2.67. The minimum atomic E-state index is -4.50. The van der Waals surface area contributed by atoms with Crippen molar-refractivity contribution >= 4 is 12.6 Å². The second-order valence-corrected chi connectivity index (χ2v) is 7.04. The first kappa shape index (κ1) is 19.1. The summed E-state index contributed by atoms with van der Waals surface area (Å²) in [6, 6.07) is 3.97. The minimum absolute atomic E-state index is 0.156. The van der Waals surface area contributed by atoms with Gasteiger partial charge in [0.2, 0.25) is 0 Å². The summed E-state index contributed by atoms with van der Waals surface area (Å²) in [5.74, 6) is -0.156. The van der Waals surface area contributed by atoms with E-state index < -0.39 is 30.1 Å². The molecule has 0 amide bonds.